The van der Waals surface area contributed by atoms with Crippen LogP contribution in [0.4, 0.5) is 0 Å². The van der Waals surface area contributed by atoms with Crippen molar-refractivity contribution in [3.63, 3.8) is 0 Å². The van der Waals surface area contributed by atoms with Crippen LogP contribution in [0.2, 0.25) is 0 Å². The van der Waals surface area contributed by atoms with Crippen LogP contribution in [-0.4, -0.2) is 17.8 Å². The molecule has 0 spiro atoms. The van der Waals surface area contributed by atoms with Crippen LogP contribution >= 0.6 is 9.39 Å². The lowest BCUT2D eigenvalue weighted by Gasteiger charge is -2.25. The van der Waals surface area contributed by atoms with E-state index in [1.165, 1.54) is 37.9 Å². The zero-order valence-corrected chi connectivity index (χ0v) is 10.1. The van der Waals surface area contributed by atoms with E-state index in [1.807, 2.05) is 13.8 Å². The summed E-state index contributed by atoms with van der Waals surface area (Å²) in [5.74, 6) is 1.90. The van der Waals surface area contributed by atoms with Gasteiger partial charge in [-0.05, 0) is 31.1 Å². The highest BCUT2D eigenvalue weighted by Gasteiger charge is 2.33. The number of fused-ring (bicyclic) bond motifs is 1. The van der Waals surface area contributed by atoms with E-state index in [-0.39, 0.29) is 0 Å². The fraction of sp³-hybridized carbons (Fsp3) is 0.818. The maximum absolute atomic E-state index is 4.07. The van der Waals surface area contributed by atoms with E-state index >= 15 is 0 Å². The van der Waals surface area contributed by atoms with Crippen LogP contribution in [0.15, 0.2) is 12.2 Å². The summed E-state index contributed by atoms with van der Waals surface area (Å²) in [4.78, 5) is 0. The van der Waals surface area contributed by atoms with Crippen molar-refractivity contribution in [2.75, 3.05) is 13.1 Å². The molecule has 13 heavy (non-hydrogen) atoms. The minimum absolute atomic E-state index is 0.925. The Hall–Kier alpha value is 0.130. The molecule has 3 atom stereocenters. The highest BCUT2D eigenvalue weighted by atomic mass is 31.0. The Morgan fingerprint density at radius 2 is 1.92 bits per heavy atom. The van der Waals surface area contributed by atoms with Crippen LogP contribution in [0, 0.1) is 11.8 Å². The highest BCUT2D eigenvalue weighted by molar-refractivity contribution is 7.13. The highest BCUT2D eigenvalue weighted by Crippen LogP contribution is 2.38. The molecule has 0 bridgehead atoms. The fourth-order valence-corrected chi connectivity index (χ4v) is 2.94. The molecule has 0 amide bonds. The van der Waals surface area contributed by atoms with Gasteiger partial charge in [0.1, 0.15) is 0 Å². The van der Waals surface area contributed by atoms with Crippen molar-refractivity contribution >= 4 is 9.39 Å². The van der Waals surface area contributed by atoms with E-state index in [9.17, 15) is 0 Å². The molecule has 76 valence electrons. The largest absolute Gasteiger partial charge is 0.287 e. The second-order valence-electron chi connectivity index (χ2n) is 3.97. The minimum atomic E-state index is 0.925. The number of nitrogens with zero attached hydrogens (tertiary/aromatic N) is 1. The number of hydrogen-bond acceptors (Lipinski definition) is 1. The Bertz CT molecular complexity index is 179. The van der Waals surface area contributed by atoms with E-state index in [0.717, 1.165) is 11.8 Å². The third-order valence-electron chi connectivity index (χ3n) is 3.02. The quantitative estimate of drug-likeness (QED) is 0.428. The summed E-state index contributed by atoms with van der Waals surface area (Å²) in [6.45, 7) is 10.6. The van der Waals surface area contributed by atoms with Gasteiger partial charge in [-0.3, -0.25) is 4.67 Å². The Labute approximate surface area is 84.8 Å². The average Bonchev–Trinajstić information content (AvgIpc) is 2.48. The molecule has 1 heterocycles. The van der Waals surface area contributed by atoms with Crippen LogP contribution < -0.4 is 0 Å². The van der Waals surface area contributed by atoms with Crippen LogP contribution in [0.1, 0.15) is 33.1 Å². The summed E-state index contributed by atoms with van der Waals surface area (Å²) in [5, 5.41) is 0. The van der Waals surface area contributed by atoms with E-state index in [2.05, 4.69) is 20.6 Å². The first-order valence-electron chi connectivity index (χ1n) is 5.42. The van der Waals surface area contributed by atoms with Crippen molar-refractivity contribution in [1.29, 1.82) is 0 Å². The normalized spacial score (nSPS) is 33.6. The van der Waals surface area contributed by atoms with Gasteiger partial charge in [0.2, 0.25) is 0 Å². The molecule has 1 saturated carbocycles. The summed E-state index contributed by atoms with van der Waals surface area (Å²) in [5.41, 5.74) is 1.48. The molecule has 2 aliphatic rings. The van der Waals surface area contributed by atoms with Crippen LogP contribution in [0.5, 0.6) is 0 Å². The summed E-state index contributed by atoms with van der Waals surface area (Å²) >= 11 is 0. The van der Waals surface area contributed by atoms with Crippen LogP contribution in [0.25, 0.3) is 0 Å². The molecule has 0 aromatic rings. The van der Waals surface area contributed by atoms with Gasteiger partial charge in [0.25, 0.3) is 0 Å². The van der Waals surface area contributed by atoms with Gasteiger partial charge >= 0.3 is 0 Å². The molecular weight excluding hydrogens is 177 g/mol. The summed E-state index contributed by atoms with van der Waals surface area (Å²) < 4.78 is 2.38. The van der Waals surface area contributed by atoms with Crippen molar-refractivity contribution in [2.24, 2.45) is 11.8 Å². The third kappa shape index (κ3) is 2.79. The van der Waals surface area contributed by atoms with Crippen LogP contribution in [-0.2, 0) is 0 Å². The molecule has 2 heteroatoms. The standard InChI is InChI=1S/C9H16NP.C2H6/c1-7-2-3-8-5-10(11)6-9(8)4-7;1-2/h8-9H,1-6,11H2;1-2H3. The van der Waals surface area contributed by atoms with E-state index in [1.54, 1.807) is 0 Å². The van der Waals surface area contributed by atoms with Gasteiger partial charge in [-0.2, -0.15) is 0 Å². The van der Waals surface area contributed by atoms with E-state index in [4.69, 9.17) is 0 Å². The predicted octanol–water partition coefficient (Wildman–Crippen LogP) is 3.09. The van der Waals surface area contributed by atoms with Crippen molar-refractivity contribution < 1.29 is 0 Å². The van der Waals surface area contributed by atoms with Gasteiger partial charge < -0.3 is 0 Å². The minimum Gasteiger partial charge on any atom is -0.287 e. The van der Waals surface area contributed by atoms with Gasteiger partial charge in [-0.1, -0.05) is 35.4 Å². The number of allylic oxidation sites excluding steroid dienone is 1. The van der Waals surface area contributed by atoms with Gasteiger partial charge in [0.05, 0.1) is 0 Å². The summed E-state index contributed by atoms with van der Waals surface area (Å²) in [6.07, 6.45) is 3.95. The second kappa shape index (κ2) is 5.12. The van der Waals surface area contributed by atoms with Crippen LogP contribution in [0.3, 0.4) is 0 Å². The molecule has 2 fully saturated rings. The third-order valence-corrected chi connectivity index (χ3v) is 3.45. The van der Waals surface area contributed by atoms with Gasteiger partial charge in [-0.15, -0.1) is 0 Å². The fourth-order valence-electron chi connectivity index (χ4n) is 2.40. The SMILES string of the molecule is C=C1CCC2CN(P)CC2C1.CC. The molecule has 0 N–H and O–H groups in total. The molecule has 1 aliphatic carbocycles. The smallest absolute Gasteiger partial charge is 0.00508 e. The molecular formula is C11H22NP. The lowest BCUT2D eigenvalue weighted by molar-refractivity contribution is 0.350. The van der Waals surface area contributed by atoms with Gasteiger partial charge in [-0.25, -0.2) is 0 Å². The maximum atomic E-state index is 4.07. The molecule has 0 aromatic heterocycles. The number of hydrogen-bond donors (Lipinski definition) is 0. The van der Waals surface area contributed by atoms with Crippen molar-refractivity contribution in [1.82, 2.24) is 4.67 Å². The molecule has 1 nitrogen and oxygen atoms in total. The monoisotopic (exact) mass is 199 g/mol. The summed E-state index contributed by atoms with van der Waals surface area (Å²) in [7, 11) is 2.82. The molecule has 0 radical (unpaired) electrons. The topological polar surface area (TPSA) is 3.24 Å². The van der Waals surface area contributed by atoms with E-state index in [0.29, 0.717) is 0 Å². The molecule has 0 aromatic carbocycles. The second-order valence-corrected chi connectivity index (χ2v) is 4.70. The predicted molar refractivity (Wildman–Crippen MR) is 62.6 cm³/mol. The van der Waals surface area contributed by atoms with Gasteiger partial charge in [0.15, 0.2) is 0 Å². The van der Waals surface area contributed by atoms with Gasteiger partial charge in [0, 0.05) is 13.1 Å². The molecule has 1 saturated heterocycles. The Balaban J connectivity index is 0.000000396. The first kappa shape index (κ1) is 11.2. The first-order chi connectivity index (χ1) is 6.25. The molecule has 1 aliphatic heterocycles. The Morgan fingerprint density at radius 1 is 1.31 bits per heavy atom. The molecule has 2 rings (SSSR count). The zero-order valence-electron chi connectivity index (χ0n) is 8.92. The maximum Gasteiger partial charge on any atom is 0.00508 e. The Morgan fingerprint density at radius 3 is 2.62 bits per heavy atom. The first-order valence-corrected chi connectivity index (χ1v) is 5.93. The number of rotatable bonds is 0. The lowest BCUT2D eigenvalue weighted by atomic mass is 9.80. The lowest BCUT2D eigenvalue weighted by Crippen LogP contribution is -2.17. The van der Waals surface area contributed by atoms with Crippen molar-refractivity contribution in [2.45, 2.75) is 33.1 Å². The van der Waals surface area contributed by atoms with E-state index < -0.39 is 0 Å². The molecule has 3 unspecified atom stereocenters. The zero-order chi connectivity index (χ0) is 9.84. The van der Waals surface area contributed by atoms with Crippen molar-refractivity contribution in [3.8, 4) is 0 Å². The summed E-state index contributed by atoms with van der Waals surface area (Å²) in [6, 6.07) is 0. The average molecular weight is 199 g/mol. The Kier molecular flexibility index (Phi) is 4.41. The van der Waals surface area contributed by atoms with Crippen molar-refractivity contribution in [3.05, 3.63) is 12.2 Å².